The van der Waals surface area contributed by atoms with E-state index < -0.39 is 0 Å². The van der Waals surface area contributed by atoms with Gasteiger partial charge in [0, 0.05) is 34.9 Å². The van der Waals surface area contributed by atoms with Gasteiger partial charge in [0.2, 0.25) is 0 Å². The monoisotopic (exact) mass is 322 g/mol. The van der Waals surface area contributed by atoms with Crippen LogP contribution in [0.3, 0.4) is 0 Å². The van der Waals surface area contributed by atoms with Crippen LogP contribution in [-0.2, 0) is 6.54 Å². The Morgan fingerprint density at radius 1 is 1.19 bits per heavy atom. The van der Waals surface area contributed by atoms with Crippen molar-refractivity contribution in [2.75, 3.05) is 12.8 Å². The molecule has 0 aliphatic rings. The topological polar surface area (TPSA) is 46.3 Å². The molecule has 0 heterocycles. The van der Waals surface area contributed by atoms with Gasteiger partial charge in [-0.25, -0.2) is 0 Å². The molecule has 0 unspecified atom stereocenters. The number of hydrogen-bond acceptors (Lipinski definition) is 2. The first kappa shape index (κ1) is 15.7. The van der Waals surface area contributed by atoms with Crippen LogP contribution in [-0.4, -0.2) is 17.9 Å². The smallest absolute Gasteiger partial charge is 0.253 e. The number of benzene rings is 2. The van der Waals surface area contributed by atoms with Gasteiger partial charge in [-0.05, 0) is 54.4 Å². The van der Waals surface area contributed by atoms with Crippen LogP contribution in [0.4, 0.5) is 5.69 Å². The molecule has 3 nitrogen and oxygen atoms in total. The number of carbonyl (C=O) groups excluding carboxylic acids is 1. The quantitative estimate of drug-likeness (QED) is 0.862. The first-order chi connectivity index (χ1) is 9.86. The van der Waals surface area contributed by atoms with E-state index in [9.17, 15) is 4.79 Å². The highest BCUT2D eigenvalue weighted by Crippen LogP contribution is 2.22. The molecule has 0 aliphatic heterocycles. The Balaban J connectivity index is 2.21. The van der Waals surface area contributed by atoms with E-state index >= 15 is 0 Å². The molecule has 110 valence electrons. The maximum atomic E-state index is 12.4. The first-order valence-electron chi connectivity index (χ1n) is 6.43. The Kier molecular flexibility index (Phi) is 4.76. The molecule has 0 aliphatic carbocycles. The van der Waals surface area contributed by atoms with Crippen molar-refractivity contribution < 1.29 is 4.79 Å². The molecule has 0 spiro atoms. The van der Waals surface area contributed by atoms with Crippen LogP contribution in [0.1, 0.15) is 21.5 Å². The van der Waals surface area contributed by atoms with Crippen LogP contribution in [0.25, 0.3) is 0 Å². The molecule has 5 heteroatoms. The van der Waals surface area contributed by atoms with E-state index in [0.29, 0.717) is 27.8 Å². The number of anilines is 1. The number of nitrogen functional groups attached to an aromatic ring is 1. The standard InChI is InChI=1S/C16H16Cl2N2O/c1-10-5-11(7-13(17)6-10)16(21)20(2)9-12-8-14(19)3-4-15(12)18/h3-8H,9,19H2,1-2H3. The summed E-state index contributed by atoms with van der Waals surface area (Å²) < 4.78 is 0. The molecule has 2 N–H and O–H groups in total. The Labute approximate surface area is 134 Å². The summed E-state index contributed by atoms with van der Waals surface area (Å²) in [5.41, 5.74) is 8.68. The molecule has 2 rings (SSSR count). The van der Waals surface area contributed by atoms with E-state index in [1.54, 1.807) is 36.2 Å². The van der Waals surface area contributed by atoms with Gasteiger partial charge in [-0.3, -0.25) is 4.79 Å². The van der Waals surface area contributed by atoms with Crippen LogP contribution in [0.15, 0.2) is 36.4 Å². The van der Waals surface area contributed by atoms with E-state index in [2.05, 4.69) is 0 Å². The normalized spacial score (nSPS) is 10.5. The Hall–Kier alpha value is -1.71. The third kappa shape index (κ3) is 3.90. The van der Waals surface area contributed by atoms with E-state index in [0.717, 1.165) is 11.1 Å². The summed E-state index contributed by atoms with van der Waals surface area (Å²) in [4.78, 5) is 14.0. The molecule has 2 aromatic carbocycles. The van der Waals surface area contributed by atoms with Crippen molar-refractivity contribution in [3.63, 3.8) is 0 Å². The lowest BCUT2D eigenvalue weighted by atomic mass is 10.1. The summed E-state index contributed by atoms with van der Waals surface area (Å²) in [6, 6.07) is 10.5. The molecule has 0 radical (unpaired) electrons. The van der Waals surface area contributed by atoms with Gasteiger partial charge in [0.15, 0.2) is 0 Å². The van der Waals surface area contributed by atoms with Gasteiger partial charge >= 0.3 is 0 Å². The Bertz CT molecular complexity index is 666. The molecule has 0 saturated carbocycles. The van der Waals surface area contributed by atoms with Gasteiger partial charge < -0.3 is 10.6 Å². The fourth-order valence-electron chi connectivity index (χ4n) is 2.12. The Morgan fingerprint density at radius 2 is 1.90 bits per heavy atom. The highest BCUT2D eigenvalue weighted by Gasteiger charge is 2.14. The lowest BCUT2D eigenvalue weighted by molar-refractivity contribution is 0.0785. The van der Waals surface area contributed by atoms with Crippen molar-refractivity contribution in [2.24, 2.45) is 0 Å². The van der Waals surface area contributed by atoms with E-state index in [-0.39, 0.29) is 5.91 Å². The van der Waals surface area contributed by atoms with Gasteiger partial charge in [0.25, 0.3) is 5.91 Å². The summed E-state index contributed by atoms with van der Waals surface area (Å²) in [6.45, 7) is 2.28. The average molecular weight is 323 g/mol. The zero-order valence-corrected chi connectivity index (χ0v) is 13.4. The number of nitrogens with two attached hydrogens (primary N) is 1. The van der Waals surface area contributed by atoms with Crippen LogP contribution in [0.5, 0.6) is 0 Å². The largest absolute Gasteiger partial charge is 0.399 e. The number of amides is 1. The van der Waals surface area contributed by atoms with Crippen molar-refractivity contribution in [1.29, 1.82) is 0 Å². The number of rotatable bonds is 3. The minimum Gasteiger partial charge on any atom is -0.399 e. The fourth-order valence-corrected chi connectivity index (χ4v) is 2.59. The number of hydrogen-bond donors (Lipinski definition) is 1. The van der Waals surface area contributed by atoms with Crippen LogP contribution >= 0.6 is 23.2 Å². The molecule has 0 bridgehead atoms. The number of nitrogens with zero attached hydrogens (tertiary/aromatic N) is 1. The van der Waals surface area contributed by atoms with Crippen molar-refractivity contribution in [3.05, 3.63) is 63.1 Å². The molecule has 0 aromatic heterocycles. The van der Waals surface area contributed by atoms with Crippen LogP contribution < -0.4 is 5.73 Å². The van der Waals surface area contributed by atoms with E-state index in [4.69, 9.17) is 28.9 Å². The maximum Gasteiger partial charge on any atom is 0.253 e. The summed E-state index contributed by atoms with van der Waals surface area (Å²) in [5, 5.41) is 1.14. The molecule has 2 aromatic rings. The minimum atomic E-state index is -0.112. The summed E-state index contributed by atoms with van der Waals surface area (Å²) in [7, 11) is 1.72. The number of halogens is 2. The molecule has 1 amide bonds. The Morgan fingerprint density at radius 3 is 2.57 bits per heavy atom. The zero-order chi connectivity index (χ0) is 15.6. The second-order valence-electron chi connectivity index (χ2n) is 5.03. The molecular formula is C16H16Cl2N2O. The van der Waals surface area contributed by atoms with E-state index in [1.807, 2.05) is 19.1 Å². The van der Waals surface area contributed by atoms with Crippen molar-refractivity contribution in [3.8, 4) is 0 Å². The van der Waals surface area contributed by atoms with Gasteiger partial charge in [-0.2, -0.15) is 0 Å². The summed E-state index contributed by atoms with van der Waals surface area (Å²) >= 11 is 12.1. The van der Waals surface area contributed by atoms with Crippen LogP contribution in [0.2, 0.25) is 10.0 Å². The highest BCUT2D eigenvalue weighted by molar-refractivity contribution is 6.31. The number of carbonyl (C=O) groups is 1. The van der Waals surface area contributed by atoms with Gasteiger partial charge in [-0.15, -0.1) is 0 Å². The lowest BCUT2D eigenvalue weighted by Gasteiger charge is -2.19. The van der Waals surface area contributed by atoms with Crippen molar-refractivity contribution in [2.45, 2.75) is 13.5 Å². The summed E-state index contributed by atoms with van der Waals surface area (Å²) in [6.07, 6.45) is 0. The number of aryl methyl sites for hydroxylation is 1. The highest BCUT2D eigenvalue weighted by atomic mass is 35.5. The molecular weight excluding hydrogens is 307 g/mol. The van der Waals surface area contributed by atoms with Crippen LogP contribution in [0, 0.1) is 6.92 Å². The van der Waals surface area contributed by atoms with Gasteiger partial charge in [0.05, 0.1) is 0 Å². The fraction of sp³-hybridized carbons (Fsp3) is 0.188. The molecule has 0 fully saturated rings. The molecule has 0 saturated heterocycles. The van der Waals surface area contributed by atoms with E-state index in [1.165, 1.54) is 0 Å². The molecule has 0 atom stereocenters. The predicted octanol–water partition coefficient (Wildman–Crippen LogP) is 4.16. The third-order valence-electron chi connectivity index (χ3n) is 3.11. The summed E-state index contributed by atoms with van der Waals surface area (Å²) in [5.74, 6) is -0.112. The maximum absolute atomic E-state index is 12.4. The second kappa shape index (κ2) is 6.37. The van der Waals surface area contributed by atoms with Gasteiger partial charge in [-0.1, -0.05) is 23.2 Å². The van der Waals surface area contributed by atoms with Gasteiger partial charge in [0.1, 0.15) is 0 Å². The van der Waals surface area contributed by atoms with Crippen molar-refractivity contribution >= 4 is 34.8 Å². The minimum absolute atomic E-state index is 0.112. The predicted molar refractivity (Wildman–Crippen MR) is 87.9 cm³/mol. The zero-order valence-electron chi connectivity index (χ0n) is 11.9. The molecule has 21 heavy (non-hydrogen) atoms. The SMILES string of the molecule is Cc1cc(Cl)cc(C(=O)N(C)Cc2cc(N)ccc2Cl)c1. The first-order valence-corrected chi connectivity index (χ1v) is 7.19. The average Bonchev–Trinajstić information content (AvgIpc) is 2.41. The lowest BCUT2D eigenvalue weighted by Crippen LogP contribution is -2.26. The third-order valence-corrected chi connectivity index (χ3v) is 3.70. The van der Waals surface area contributed by atoms with Crippen molar-refractivity contribution in [1.82, 2.24) is 4.90 Å². The second-order valence-corrected chi connectivity index (χ2v) is 5.87.